The molecular weight excluding hydrogens is 283 g/mol. The number of alkyl halides is 3. The van der Waals surface area contributed by atoms with E-state index in [1.54, 1.807) is 0 Å². The lowest BCUT2D eigenvalue weighted by molar-refractivity contribution is -0.136. The highest BCUT2D eigenvalue weighted by Gasteiger charge is 2.30. The predicted molar refractivity (Wildman–Crippen MR) is 66.0 cm³/mol. The van der Waals surface area contributed by atoms with Crippen LogP contribution in [0.5, 0.6) is 0 Å². The lowest BCUT2D eigenvalue weighted by Crippen LogP contribution is -2.24. The molecule has 19 heavy (non-hydrogen) atoms. The molecular formula is C10H14F3N3O2S. The summed E-state index contributed by atoms with van der Waals surface area (Å²) >= 11 is 0. The first-order valence-electron chi connectivity index (χ1n) is 5.24. The number of hydrogen-bond donors (Lipinski definition) is 3. The van der Waals surface area contributed by atoms with Gasteiger partial charge in [-0.25, -0.2) is 13.6 Å². The molecule has 0 aliphatic heterocycles. The van der Waals surface area contributed by atoms with Crippen molar-refractivity contribution in [1.82, 2.24) is 0 Å². The van der Waals surface area contributed by atoms with E-state index >= 15 is 0 Å². The molecule has 1 unspecified atom stereocenters. The van der Waals surface area contributed by atoms with Gasteiger partial charge in [-0.05, 0) is 25.1 Å². The summed E-state index contributed by atoms with van der Waals surface area (Å²) in [6.45, 7) is 1.35. The summed E-state index contributed by atoms with van der Waals surface area (Å²) in [6, 6.07) is 2.66. The Morgan fingerprint density at radius 3 is 2.37 bits per heavy atom. The normalized spacial score (nSPS) is 14.2. The van der Waals surface area contributed by atoms with Crippen LogP contribution >= 0.6 is 0 Å². The molecule has 0 aliphatic rings. The van der Waals surface area contributed by atoms with Gasteiger partial charge in [0.1, 0.15) is 0 Å². The Morgan fingerprint density at radius 2 is 1.95 bits per heavy atom. The zero-order chi connectivity index (χ0) is 14.8. The summed E-state index contributed by atoms with van der Waals surface area (Å²) in [5.74, 6) is 0. The Morgan fingerprint density at radius 1 is 1.37 bits per heavy atom. The minimum absolute atomic E-state index is 0.0144. The van der Waals surface area contributed by atoms with Crippen LogP contribution in [0.1, 0.15) is 13.3 Å². The van der Waals surface area contributed by atoms with Crippen molar-refractivity contribution in [2.45, 2.75) is 30.5 Å². The lowest BCUT2D eigenvalue weighted by atomic mass is 10.2. The average Bonchev–Trinajstić information content (AvgIpc) is 2.16. The number of nitrogens with two attached hydrogens (primary N) is 2. The summed E-state index contributed by atoms with van der Waals surface area (Å²) in [7, 11) is -3.89. The summed E-state index contributed by atoms with van der Waals surface area (Å²) in [4.78, 5) is -0.195. The molecule has 9 heteroatoms. The average molecular weight is 297 g/mol. The number of anilines is 2. The number of rotatable bonds is 4. The molecule has 0 bridgehead atoms. The van der Waals surface area contributed by atoms with E-state index in [0.717, 1.165) is 6.07 Å². The number of primary sulfonamides is 1. The van der Waals surface area contributed by atoms with Gasteiger partial charge >= 0.3 is 6.18 Å². The van der Waals surface area contributed by atoms with Crippen molar-refractivity contribution < 1.29 is 21.6 Å². The zero-order valence-corrected chi connectivity index (χ0v) is 10.8. The first kappa shape index (κ1) is 15.6. The van der Waals surface area contributed by atoms with Crippen LogP contribution in [0.3, 0.4) is 0 Å². The quantitative estimate of drug-likeness (QED) is 0.736. The summed E-state index contributed by atoms with van der Waals surface area (Å²) in [6.07, 6.45) is -5.31. The molecule has 0 radical (unpaired) electrons. The van der Waals surface area contributed by atoms with E-state index in [-0.39, 0.29) is 16.3 Å². The van der Waals surface area contributed by atoms with Gasteiger partial charge in [-0.15, -0.1) is 0 Å². The molecule has 1 aromatic rings. The van der Waals surface area contributed by atoms with Crippen molar-refractivity contribution >= 4 is 21.4 Å². The van der Waals surface area contributed by atoms with E-state index in [0.29, 0.717) is 0 Å². The van der Waals surface area contributed by atoms with Crippen molar-refractivity contribution in [3.63, 3.8) is 0 Å². The fourth-order valence-corrected chi connectivity index (χ4v) is 2.06. The molecule has 0 fully saturated rings. The number of hydrogen-bond acceptors (Lipinski definition) is 4. The van der Waals surface area contributed by atoms with Gasteiger partial charge in [0.2, 0.25) is 10.0 Å². The van der Waals surface area contributed by atoms with Gasteiger partial charge in [-0.2, -0.15) is 13.2 Å². The molecule has 0 amide bonds. The Hall–Kier alpha value is -1.48. The molecule has 1 atom stereocenters. The van der Waals surface area contributed by atoms with E-state index in [9.17, 15) is 21.6 Å². The maximum atomic E-state index is 12.2. The Balaban J connectivity index is 2.87. The molecule has 0 aromatic heterocycles. The van der Waals surface area contributed by atoms with Crippen molar-refractivity contribution in [3.8, 4) is 0 Å². The molecule has 0 heterocycles. The van der Waals surface area contributed by atoms with Crippen molar-refractivity contribution in [1.29, 1.82) is 0 Å². The van der Waals surface area contributed by atoms with E-state index in [2.05, 4.69) is 5.32 Å². The smallest absolute Gasteiger partial charge is 0.391 e. The SMILES string of the molecule is CC(CC(F)(F)F)Nc1ccc(S(N)(=O)=O)cc1N. The molecule has 5 nitrogen and oxygen atoms in total. The van der Waals surface area contributed by atoms with Crippen LogP contribution in [0.25, 0.3) is 0 Å². The summed E-state index contributed by atoms with van der Waals surface area (Å²) in [5, 5.41) is 7.47. The fourth-order valence-electron chi connectivity index (χ4n) is 1.51. The van der Waals surface area contributed by atoms with E-state index in [1.807, 2.05) is 0 Å². The second kappa shape index (κ2) is 5.25. The zero-order valence-electron chi connectivity index (χ0n) is 10.0. The number of benzene rings is 1. The molecule has 1 rings (SSSR count). The Kier molecular flexibility index (Phi) is 4.31. The molecule has 108 valence electrons. The maximum Gasteiger partial charge on any atom is 0.391 e. The molecule has 5 N–H and O–H groups in total. The second-order valence-corrected chi connectivity index (χ2v) is 5.72. The van der Waals surface area contributed by atoms with Gasteiger partial charge in [-0.1, -0.05) is 0 Å². The third kappa shape index (κ3) is 4.95. The number of nitrogen functional groups attached to an aromatic ring is 1. The van der Waals surface area contributed by atoms with Crippen LogP contribution in [0.2, 0.25) is 0 Å². The fraction of sp³-hybridized carbons (Fsp3) is 0.400. The minimum atomic E-state index is -4.29. The van der Waals surface area contributed by atoms with Crippen molar-refractivity contribution in [3.05, 3.63) is 18.2 Å². The van der Waals surface area contributed by atoms with Gasteiger partial charge in [0.25, 0.3) is 0 Å². The van der Waals surface area contributed by atoms with Gasteiger partial charge in [0.15, 0.2) is 0 Å². The first-order chi connectivity index (χ1) is 8.49. The number of nitrogens with one attached hydrogen (secondary N) is 1. The van der Waals surface area contributed by atoms with Crippen molar-refractivity contribution in [2.75, 3.05) is 11.1 Å². The maximum absolute atomic E-state index is 12.2. The number of sulfonamides is 1. The van der Waals surface area contributed by atoms with Gasteiger partial charge in [0, 0.05) is 6.04 Å². The Bertz CT molecular complexity index is 558. The number of halogens is 3. The first-order valence-corrected chi connectivity index (χ1v) is 6.79. The standard InChI is InChI=1S/C10H14F3N3O2S/c1-6(5-10(11,12)13)16-9-3-2-7(4-8(9)14)19(15,17)18/h2-4,6,16H,5,14H2,1H3,(H2,15,17,18). The third-order valence-electron chi connectivity index (χ3n) is 2.29. The van der Waals surface area contributed by atoms with E-state index in [1.165, 1.54) is 19.1 Å². The third-order valence-corrected chi connectivity index (χ3v) is 3.20. The van der Waals surface area contributed by atoms with Gasteiger partial charge in [0.05, 0.1) is 22.7 Å². The van der Waals surface area contributed by atoms with Crippen LogP contribution in [0.4, 0.5) is 24.5 Å². The van der Waals surface area contributed by atoms with Crippen LogP contribution in [-0.4, -0.2) is 20.6 Å². The Labute approximate surface area is 108 Å². The van der Waals surface area contributed by atoms with Crippen molar-refractivity contribution in [2.24, 2.45) is 5.14 Å². The minimum Gasteiger partial charge on any atom is -0.397 e. The molecule has 1 aromatic carbocycles. The van der Waals surface area contributed by atoms with Crippen LogP contribution in [-0.2, 0) is 10.0 Å². The highest BCUT2D eigenvalue weighted by molar-refractivity contribution is 7.89. The van der Waals surface area contributed by atoms with Crippen LogP contribution in [0, 0.1) is 0 Å². The van der Waals surface area contributed by atoms with Crippen LogP contribution in [0.15, 0.2) is 23.1 Å². The summed E-state index contributed by atoms with van der Waals surface area (Å²) in [5.41, 5.74) is 5.81. The topological polar surface area (TPSA) is 98.2 Å². The largest absolute Gasteiger partial charge is 0.397 e. The molecule has 0 spiro atoms. The highest BCUT2D eigenvalue weighted by atomic mass is 32.2. The van der Waals surface area contributed by atoms with Crippen LogP contribution < -0.4 is 16.2 Å². The lowest BCUT2D eigenvalue weighted by Gasteiger charge is -2.18. The molecule has 0 saturated heterocycles. The monoisotopic (exact) mass is 297 g/mol. The highest BCUT2D eigenvalue weighted by Crippen LogP contribution is 2.26. The molecule has 0 aliphatic carbocycles. The van der Waals surface area contributed by atoms with Gasteiger partial charge < -0.3 is 11.1 Å². The predicted octanol–water partition coefficient (Wildman–Crippen LogP) is 1.67. The van der Waals surface area contributed by atoms with E-state index < -0.39 is 28.7 Å². The van der Waals surface area contributed by atoms with E-state index in [4.69, 9.17) is 10.9 Å². The van der Waals surface area contributed by atoms with Gasteiger partial charge in [-0.3, -0.25) is 0 Å². The second-order valence-electron chi connectivity index (χ2n) is 4.16. The summed E-state index contributed by atoms with van der Waals surface area (Å²) < 4.78 is 58.6. The molecule has 0 saturated carbocycles.